The first kappa shape index (κ1) is 8.48. The zero-order valence-electron chi connectivity index (χ0n) is 5.56. The van der Waals surface area contributed by atoms with Crippen LogP contribution in [-0.2, 0) is 4.79 Å². The zero-order valence-corrected chi connectivity index (χ0v) is 7.19. The highest BCUT2D eigenvalue weighted by Crippen LogP contribution is 2.18. The summed E-state index contributed by atoms with van der Waals surface area (Å²) in [6.07, 6.45) is 1.64. The van der Waals surface area contributed by atoms with Crippen LogP contribution < -0.4 is 0 Å². The van der Waals surface area contributed by atoms with Gasteiger partial charge in [-0.05, 0) is 11.5 Å². The van der Waals surface area contributed by atoms with Crippen LogP contribution in [0.5, 0.6) is 0 Å². The predicted octanol–water partition coefficient (Wildman–Crippen LogP) is 1.10. The Morgan fingerprint density at radius 1 is 1.82 bits per heavy atom. The Bertz CT molecular complexity index is 224. The molecule has 1 rings (SSSR count). The quantitative estimate of drug-likeness (QED) is 0.720. The highest BCUT2D eigenvalue weighted by molar-refractivity contribution is 8.00. The summed E-state index contributed by atoms with van der Waals surface area (Å²) < 4.78 is 4.61. The summed E-state index contributed by atoms with van der Waals surface area (Å²) in [5.74, 6) is -0.216. The molecule has 1 N–H and O–H groups in total. The Balaban J connectivity index is 2.19. The molecule has 0 unspecified atom stereocenters. The number of rotatable bonds is 4. The fraction of sp³-hybridized carbons (Fsp3) is 0.400. The summed E-state index contributed by atoms with van der Waals surface area (Å²) in [5.41, 5.74) is 0. The van der Waals surface area contributed by atoms with Crippen molar-refractivity contribution in [3.8, 4) is 0 Å². The molecule has 0 radical (unpaired) electrons. The van der Waals surface area contributed by atoms with Crippen LogP contribution in [0, 0.1) is 0 Å². The van der Waals surface area contributed by atoms with Gasteiger partial charge in [0, 0.05) is 5.75 Å². The van der Waals surface area contributed by atoms with Crippen LogP contribution in [0.3, 0.4) is 0 Å². The van der Waals surface area contributed by atoms with Crippen LogP contribution in [0.4, 0.5) is 0 Å². The molecule has 1 heterocycles. The average Bonchev–Trinajstić information content (AvgIpc) is 2.39. The van der Waals surface area contributed by atoms with E-state index in [1.807, 2.05) is 0 Å². The highest BCUT2D eigenvalue weighted by Gasteiger charge is 2.00. The zero-order chi connectivity index (χ0) is 8.10. The number of hydrogen-bond acceptors (Lipinski definition) is 5. The van der Waals surface area contributed by atoms with E-state index in [0.29, 0.717) is 5.75 Å². The van der Waals surface area contributed by atoms with Crippen LogP contribution in [0.2, 0.25) is 0 Å². The second-order valence-electron chi connectivity index (χ2n) is 1.70. The molecular weight excluding hydrogens is 184 g/mol. The van der Waals surface area contributed by atoms with Gasteiger partial charge in [-0.15, -0.1) is 0 Å². The smallest absolute Gasteiger partial charge is 0.304 e. The van der Waals surface area contributed by atoms with Gasteiger partial charge in [0.2, 0.25) is 0 Å². The summed E-state index contributed by atoms with van der Waals surface area (Å²) >= 11 is 2.70. The maximum atomic E-state index is 10.1. The van der Waals surface area contributed by atoms with E-state index in [-0.39, 0.29) is 6.42 Å². The van der Waals surface area contributed by atoms with Crippen molar-refractivity contribution in [2.75, 3.05) is 5.75 Å². The molecule has 60 valence electrons. The van der Waals surface area contributed by atoms with Gasteiger partial charge in [-0.25, -0.2) is 4.98 Å². The fourth-order valence-corrected chi connectivity index (χ4v) is 1.89. The third-order valence-corrected chi connectivity index (χ3v) is 2.68. The molecule has 0 aliphatic carbocycles. The van der Waals surface area contributed by atoms with E-state index >= 15 is 0 Å². The molecule has 4 nitrogen and oxygen atoms in total. The number of nitrogens with zero attached hydrogens (tertiary/aromatic N) is 2. The molecule has 0 bridgehead atoms. The lowest BCUT2D eigenvalue weighted by atomic mass is 10.5. The number of hydrogen-bond donors (Lipinski definition) is 1. The highest BCUT2D eigenvalue weighted by atomic mass is 32.2. The van der Waals surface area contributed by atoms with E-state index in [1.165, 1.54) is 29.6 Å². The van der Waals surface area contributed by atoms with Gasteiger partial charge in [-0.3, -0.25) is 4.79 Å². The molecule has 1 aromatic rings. The molecular formula is C5H6N2O2S2. The molecule has 0 amide bonds. The Labute approximate surface area is 71.8 Å². The van der Waals surface area contributed by atoms with Gasteiger partial charge in [-0.2, -0.15) is 4.37 Å². The Morgan fingerprint density at radius 2 is 2.64 bits per heavy atom. The van der Waals surface area contributed by atoms with Crippen molar-refractivity contribution in [1.29, 1.82) is 0 Å². The van der Waals surface area contributed by atoms with Crippen molar-refractivity contribution >= 4 is 29.3 Å². The molecule has 0 aromatic carbocycles. The molecule has 6 heteroatoms. The summed E-state index contributed by atoms with van der Waals surface area (Å²) in [6, 6.07) is 0. The summed E-state index contributed by atoms with van der Waals surface area (Å²) in [7, 11) is 0. The molecule has 0 saturated carbocycles. The Morgan fingerprint density at radius 3 is 3.18 bits per heavy atom. The number of aromatic nitrogens is 2. The monoisotopic (exact) mass is 190 g/mol. The van der Waals surface area contributed by atoms with Crippen molar-refractivity contribution in [2.45, 2.75) is 10.8 Å². The summed E-state index contributed by atoms with van der Waals surface area (Å²) in [6.45, 7) is 0. The van der Waals surface area contributed by atoms with Crippen molar-refractivity contribution in [1.82, 2.24) is 9.36 Å². The van der Waals surface area contributed by atoms with E-state index in [9.17, 15) is 4.79 Å². The van der Waals surface area contributed by atoms with Crippen LogP contribution >= 0.6 is 23.3 Å². The van der Waals surface area contributed by atoms with Gasteiger partial charge < -0.3 is 5.11 Å². The largest absolute Gasteiger partial charge is 0.481 e. The molecule has 11 heavy (non-hydrogen) atoms. The molecule has 0 spiro atoms. The third-order valence-electron chi connectivity index (χ3n) is 0.883. The van der Waals surface area contributed by atoms with Gasteiger partial charge in [0.1, 0.15) is 6.33 Å². The number of carbonyl (C=O) groups is 1. The van der Waals surface area contributed by atoms with Crippen LogP contribution in [-0.4, -0.2) is 26.2 Å². The minimum Gasteiger partial charge on any atom is -0.481 e. The molecule has 0 saturated heterocycles. The minimum atomic E-state index is -0.776. The van der Waals surface area contributed by atoms with E-state index in [4.69, 9.17) is 5.11 Å². The molecule has 0 atom stereocenters. The maximum Gasteiger partial charge on any atom is 0.304 e. The molecule has 0 fully saturated rings. The van der Waals surface area contributed by atoms with Crippen LogP contribution in [0.1, 0.15) is 6.42 Å². The van der Waals surface area contributed by atoms with Gasteiger partial charge in [0.25, 0.3) is 0 Å². The van der Waals surface area contributed by atoms with Gasteiger partial charge in [-0.1, -0.05) is 11.8 Å². The SMILES string of the molecule is O=C(O)CCSc1ncns1. The van der Waals surface area contributed by atoms with E-state index in [2.05, 4.69) is 9.36 Å². The number of aliphatic carboxylic acids is 1. The summed E-state index contributed by atoms with van der Waals surface area (Å²) in [5, 5.41) is 8.30. The van der Waals surface area contributed by atoms with E-state index in [1.54, 1.807) is 0 Å². The van der Waals surface area contributed by atoms with Crippen molar-refractivity contribution in [3.63, 3.8) is 0 Å². The van der Waals surface area contributed by atoms with Gasteiger partial charge in [0.05, 0.1) is 6.42 Å². The Kier molecular flexibility index (Phi) is 3.31. The van der Waals surface area contributed by atoms with E-state index in [0.717, 1.165) is 4.34 Å². The number of carboxylic acids is 1. The second-order valence-corrected chi connectivity index (χ2v) is 3.82. The lowest BCUT2D eigenvalue weighted by Crippen LogP contribution is -1.95. The first-order valence-electron chi connectivity index (χ1n) is 2.90. The fourth-order valence-electron chi connectivity index (χ4n) is 0.452. The average molecular weight is 190 g/mol. The normalized spacial score (nSPS) is 9.82. The van der Waals surface area contributed by atoms with Gasteiger partial charge >= 0.3 is 5.97 Å². The van der Waals surface area contributed by atoms with Crippen LogP contribution in [0.15, 0.2) is 10.7 Å². The topological polar surface area (TPSA) is 63.1 Å². The lowest BCUT2D eigenvalue weighted by molar-refractivity contribution is -0.136. The lowest BCUT2D eigenvalue weighted by Gasteiger charge is -1.90. The first-order chi connectivity index (χ1) is 5.29. The predicted molar refractivity (Wildman–Crippen MR) is 42.9 cm³/mol. The first-order valence-corrected chi connectivity index (χ1v) is 4.66. The van der Waals surface area contributed by atoms with Crippen molar-refractivity contribution in [3.05, 3.63) is 6.33 Å². The Hall–Kier alpha value is -0.620. The van der Waals surface area contributed by atoms with Crippen molar-refractivity contribution in [2.24, 2.45) is 0 Å². The van der Waals surface area contributed by atoms with Crippen molar-refractivity contribution < 1.29 is 9.90 Å². The number of carboxylic acid groups (broad SMARTS) is 1. The molecule has 1 aromatic heterocycles. The number of thioether (sulfide) groups is 1. The van der Waals surface area contributed by atoms with Gasteiger partial charge in [0.15, 0.2) is 4.34 Å². The third kappa shape index (κ3) is 3.33. The minimum absolute atomic E-state index is 0.171. The standard InChI is InChI=1S/C5H6N2O2S2/c8-4(9)1-2-10-5-6-3-7-11-5/h3H,1-2H2,(H,8,9). The molecule has 0 aliphatic rings. The maximum absolute atomic E-state index is 10.1. The van der Waals surface area contributed by atoms with Crippen LogP contribution in [0.25, 0.3) is 0 Å². The molecule has 0 aliphatic heterocycles. The second kappa shape index (κ2) is 4.30. The summed E-state index contributed by atoms with van der Waals surface area (Å²) in [4.78, 5) is 14.0. The van der Waals surface area contributed by atoms with E-state index < -0.39 is 5.97 Å².